The molecule has 2 fully saturated rings. The SMILES string of the molecule is CC(=O)N1CC2(CCCCC2)OC1=O. The molecule has 1 saturated heterocycles. The van der Waals surface area contributed by atoms with Crippen molar-refractivity contribution in [2.75, 3.05) is 6.54 Å². The summed E-state index contributed by atoms with van der Waals surface area (Å²) in [6, 6.07) is 0. The van der Waals surface area contributed by atoms with Crippen molar-refractivity contribution >= 4 is 12.0 Å². The van der Waals surface area contributed by atoms with Gasteiger partial charge in [-0.2, -0.15) is 0 Å². The monoisotopic (exact) mass is 197 g/mol. The number of nitrogens with zero attached hydrogens (tertiary/aromatic N) is 1. The van der Waals surface area contributed by atoms with Gasteiger partial charge < -0.3 is 4.74 Å². The van der Waals surface area contributed by atoms with Crippen LogP contribution < -0.4 is 0 Å². The first kappa shape index (κ1) is 9.49. The van der Waals surface area contributed by atoms with Gasteiger partial charge >= 0.3 is 6.09 Å². The molecule has 0 aromatic heterocycles. The number of amides is 2. The molecule has 0 unspecified atom stereocenters. The maximum atomic E-state index is 11.4. The maximum Gasteiger partial charge on any atom is 0.417 e. The van der Waals surface area contributed by atoms with E-state index in [1.807, 2.05) is 0 Å². The zero-order valence-electron chi connectivity index (χ0n) is 8.41. The van der Waals surface area contributed by atoms with E-state index in [9.17, 15) is 9.59 Å². The maximum absolute atomic E-state index is 11.4. The van der Waals surface area contributed by atoms with Crippen LogP contribution in [0.25, 0.3) is 0 Å². The third kappa shape index (κ3) is 1.49. The first-order valence-electron chi connectivity index (χ1n) is 5.14. The van der Waals surface area contributed by atoms with E-state index in [1.54, 1.807) is 0 Å². The average molecular weight is 197 g/mol. The minimum atomic E-state index is -0.459. The Balaban J connectivity index is 2.10. The molecule has 1 aliphatic heterocycles. The molecular weight excluding hydrogens is 182 g/mol. The Labute approximate surface area is 83.2 Å². The third-order valence-corrected chi connectivity index (χ3v) is 3.12. The molecule has 4 heteroatoms. The van der Waals surface area contributed by atoms with Crippen LogP contribution >= 0.6 is 0 Å². The second kappa shape index (κ2) is 3.26. The fraction of sp³-hybridized carbons (Fsp3) is 0.800. The van der Waals surface area contributed by atoms with Crippen LogP contribution in [0.5, 0.6) is 0 Å². The van der Waals surface area contributed by atoms with Gasteiger partial charge in [-0.15, -0.1) is 0 Å². The quantitative estimate of drug-likeness (QED) is 0.593. The number of carbonyl (C=O) groups excluding carboxylic acids is 2. The molecule has 14 heavy (non-hydrogen) atoms. The van der Waals surface area contributed by atoms with Crippen LogP contribution in [0.1, 0.15) is 39.0 Å². The van der Waals surface area contributed by atoms with Crippen molar-refractivity contribution in [1.29, 1.82) is 0 Å². The largest absolute Gasteiger partial charge is 0.441 e. The van der Waals surface area contributed by atoms with Crippen LogP contribution in [0.2, 0.25) is 0 Å². The standard InChI is InChI=1S/C10H15NO3/c1-8(12)11-7-10(14-9(11)13)5-3-2-4-6-10/h2-7H2,1H3. The number of imide groups is 1. The minimum Gasteiger partial charge on any atom is -0.441 e. The zero-order chi connectivity index (χ0) is 10.2. The van der Waals surface area contributed by atoms with E-state index in [2.05, 4.69) is 0 Å². The van der Waals surface area contributed by atoms with E-state index in [0.29, 0.717) is 6.54 Å². The lowest BCUT2D eigenvalue weighted by molar-refractivity contribution is -0.125. The summed E-state index contributed by atoms with van der Waals surface area (Å²) in [5.41, 5.74) is -0.346. The molecule has 2 aliphatic rings. The van der Waals surface area contributed by atoms with Crippen molar-refractivity contribution in [3.8, 4) is 0 Å². The normalized spacial score (nSPS) is 25.2. The first-order chi connectivity index (χ1) is 6.63. The molecule has 0 N–H and O–H groups in total. The van der Waals surface area contributed by atoms with Gasteiger partial charge in [0.15, 0.2) is 0 Å². The number of hydrogen-bond acceptors (Lipinski definition) is 3. The molecule has 2 amide bonds. The summed E-state index contributed by atoms with van der Waals surface area (Å²) in [6.45, 7) is 1.87. The van der Waals surface area contributed by atoms with Crippen molar-refractivity contribution in [3.63, 3.8) is 0 Å². The third-order valence-electron chi connectivity index (χ3n) is 3.12. The number of carbonyl (C=O) groups is 2. The molecule has 1 aliphatic carbocycles. The van der Waals surface area contributed by atoms with Crippen LogP contribution in [-0.4, -0.2) is 29.0 Å². The molecule has 0 bridgehead atoms. The second-order valence-corrected chi connectivity index (χ2v) is 4.22. The van der Waals surface area contributed by atoms with Gasteiger partial charge in [0.2, 0.25) is 5.91 Å². The highest BCUT2D eigenvalue weighted by Crippen LogP contribution is 2.36. The van der Waals surface area contributed by atoms with Crippen molar-refractivity contribution in [1.82, 2.24) is 4.90 Å². The Hall–Kier alpha value is -1.06. The Bertz CT molecular complexity index is 269. The number of hydrogen-bond donors (Lipinski definition) is 0. The van der Waals surface area contributed by atoms with Gasteiger partial charge in [-0.3, -0.25) is 4.79 Å². The van der Waals surface area contributed by atoms with E-state index in [1.165, 1.54) is 18.2 Å². The summed E-state index contributed by atoms with van der Waals surface area (Å²) in [6.07, 6.45) is 4.75. The lowest BCUT2D eigenvalue weighted by atomic mass is 9.85. The van der Waals surface area contributed by atoms with Crippen LogP contribution in [0.15, 0.2) is 0 Å². The lowest BCUT2D eigenvalue weighted by Crippen LogP contribution is -2.37. The molecule has 78 valence electrons. The highest BCUT2D eigenvalue weighted by molar-refractivity contribution is 5.92. The number of ether oxygens (including phenoxy) is 1. The molecule has 1 spiro atoms. The Kier molecular flexibility index (Phi) is 2.21. The summed E-state index contributed by atoms with van der Waals surface area (Å²) in [5.74, 6) is -0.211. The second-order valence-electron chi connectivity index (χ2n) is 4.22. The van der Waals surface area contributed by atoms with Gasteiger partial charge in [-0.25, -0.2) is 9.69 Å². The number of rotatable bonds is 0. The van der Waals surface area contributed by atoms with E-state index in [4.69, 9.17) is 4.74 Å². The summed E-state index contributed by atoms with van der Waals surface area (Å²) < 4.78 is 5.33. The predicted octanol–water partition coefficient (Wildman–Crippen LogP) is 1.69. The first-order valence-corrected chi connectivity index (χ1v) is 5.14. The highest BCUT2D eigenvalue weighted by Gasteiger charge is 2.46. The Morgan fingerprint density at radius 2 is 2.00 bits per heavy atom. The van der Waals surface area contributed by atoms with Crippen molar-refractivity contribution in [3.05, 3.63) is 0 Å². The van der Waals surface area contributed by atoms with Crippen LogP contribution in [0.4, 0.5) is 4.79 Å². The van der Waals surface area contributed by atoms with Gasteiger partial charge in [0.1, 0.15) is 5.60 Å². The average Bonchev–Trinajstić information content (AvgIpc) is 2.44. The highest BCUT2D eigenvalue weighted by atomic mass is 16.6. The molecule has 1 saturated carbocycles. The molecule has 2 rings (SSSR count). The molecule has 0 radical (unpaired) electrons. The molecular formula is C10H15NO3. The molecule has 1 heterocycles. The summed E-state index contributed by atoms with van der Waals surface area (Å²) in [4.78, 5) is 23.7. The lowest BCUT2D eigenvalue weighted by Gasteiger charge is -2.30. The zero-order valence-corrected chi connectivity index (χ0v) is 8.41. The van der Waals surface area contributed by atoms with E-state index >= 15 is 0 Å². The van der Waals surface area contributed by atoms with Crippen molar-refractivity contribution < 1.29 is 14.3 Å². The molecule has 0 aromatic carbocycles. The fourth-order valence-electron chi connectivity index (χ4n) is 2.32. The van der Waals surface area contributed by atoms with E-state index < -0.39 is 6.09 Å². The van der Waals surface area contributed by atoms with Gasteiger partial charge in [0.05, 0.1) is 6.54 Å². The predicted molar refractivity (Wildman–Crippen MR) is 49.7 cm³/mol. The summed E-state index contributed by atoms with van der Waals surface area (Å²) in [5, 5.41) is 0. The van der Waals surface area contributed by atoms with Crippen molar-refractivity contribution in [2.45, 2.75) is 44.6 Å². The Morgan fingerprint density at radius 3 is 2.50 bits per heavy atom. The molecule has 0 atom stereocenters. The Morgan fingerprint density at radius 1 is 1.36 bits per heavy atom. The van der Waals surface area contributed by atoms with Crippen LogP contribution in [0, 0.1) is 0 Å². The van der Waals surface area contributed by atoms with Gasteiger partial charge in [-0.05, 0) is 25.7 Å². The van der Waals surface area contributed by atoms with Crippen LogP contribution in [0.3, 0.4) is 0 Å². The summed E-state index contributed by atoms with van der Waals surface area (Å²) >= 11 is 0. The molecule has 4 nitrogen and oxygen atoms in total. The fourth-order valence-corrected chi connectivity index (χ4v) is 2.32. The summed E-state index contributed by atoms with van der Waals surface area (Å²) in [7, 11) is 0. The van der Waals surface area contributed by atoms with E-state index in [-0.39, 0.29) is 11.5 Å². The minimum absolute atomic E-state index is 0.211. The van der Waals surface area contributed by atoms with Gasteiger partial charge in [-0.1, -0.05) is 6.42 Å². The van der Waals surface area contributed by atoms with Crippen LogP contribution in [-0.2, 0) is 9.53 Å². The molecule has 0 aromatic rings. The van der Waals surface area contributed by atoms with Gasteiger partial charge in [0.25, 0.3) is 0 Å². The van der Waals surface area contributed by atoms with E-state index in [0.717, 1.165) is 25.7 Å². The van der Waals surface area contributed by atoms with Gasteiger partial charge in [0, 0.05) is 6.92 Å². The smallest absolute Gasteiger partial charge is 0.417 e. The topological polar surface area (TPSA) is 46.6 Å². The van der Waals surface area contributed by atoms with Crippen molar-refractivity contribution in [2.24, 2.45) is 0 Å².